The summed E-state index contributed by atoms with van der Waals surface area (Å²) >= 11 is 1.38. The van der Waals surface area contributed by atoms with Crippen molar-refractivity contribution in [2.75, 3.05) is 31.1 Å². The number of rotatable bonds is 5. The summed E-state index contributed by atoms with van der Waals surface area (Å²) in [6, 6.07) is 24.5. The molecule has 41 heavy (non-hydrogen) atoms. The number of para-hydroxylation sites is 1. The Labute approximate surface area is 240 Å². The van der Waals surface area contributed by atoms with Crippen molar-refractivity contribution >= 4 is 41.2 Å². The normalized spacial score (nSPS) is 16.2. The number of carbonyl (C=O) groups is 3. The molecule has 0 radical (unpaired) electrons. The van der Waals surface area contributed by atoms with Crippen molar-refractivity contribution in [3.05, 3.63) is 124 Å². The maximum atomic E-state index is 14.4. The number of hydrogen-bond donors (Lipinski definition) is 0. The molecule has 206 valence electrons. The van der Waals surface area contributed by atoms with Crippen LogP contribution in [0, 0.1) is 5.82 Å². The standard InChI is InChI=1S/C32H26FN3O4S/c33-25-7-2-1-6-24(25)21-36-26-8-3-4-10-28(26)41-29(32(36)39)20-22-11-13-23(14-12-22)30(37)34-15-17-35(18-16-34)31(38)27-9-5-19-40-27/h1-14,19-20H,15-18,21H2. The number of anilines is 1. The van der Waals surface area contributed by atoms with E-state index in [1.807, 2.05) is 36.4 Å². The number of thioether (sulfide) groups is 1. The lowest BCUT2D eigenvalue weighted by Crippen LogP contribution is -2.50. The fourth-order valence-corrected chi connectivity index (χ4v) is 6.00. The minimum atomic E-state index is -0.354. The predicted octanol–water partition coefficient (Wildman–Crippen LogP) is 5.70. The number of hydrogen-bond acceptors (Lipinski definition) is 5. The summed E-state index contributed by atoms with van der Waals surface area (Å²) < 4.78 is 19.6. The van der Waals surface area contributed by atoms with E-state index < -0.39 is 0 Å². The first-order valence-corrected chi connectivity index (χ1v) is 14.1. The molecule has 3 heterocycles. The van der Waals surface area contributed by atoms with Gasteiger partial charge in [0.1, 0.15) is 5.82 Å². The number of fused-ring (bicyclic) bond motifs is 1. The maximum Gasteiger partial charge on any atom is 0.289 e. The predicted molar refractivity (Wildman–Crippen MR) is 155 cm³/mol. The second-order valence-electron chi connectivity index (χ2n) is 9.74. The van der Waals surface area contributed by atoms with E-state index in [1.54, 1.807) is 63.2 Å². The van der Waals surface area contributed by atoms with Crippen LogP contribution in [0.15, 0.2) is 105 Å². The molecular formula is C32H26FN3O4S. The first-order chi connectivity index (χ1) is 20.0. The molecule has 1 saturated heterocycles. The summed E-state index contributed by atoms with van der Waals surface area (Å²) in [4.78, 5) is 45.6. The molecule has 2 aliphatic heterocycles. The van der Waals surface area contributed by atoms with Gasteiger partial charge in [-0.15, -0.1) is 0 Å². The van der Waals surface area contributed by atoms with Gasteiger partial charge in [-0.1, -0.05) is 54.2 Å². The molecule has 0 bridgehead atoms. The van der Waals surface area contributed by atoms with Crippen molar-refractivity contribution in [3.8, 4) is 0 Å². The van der Waals surface area contributed by atoms with Gasteiger partial charge in [-0.2, -0.15) is 0 Å². The van der Waals surface area contributed by atoms with E-state index in [2.05, 4.69) is 0 Å². The highest BCUT2D eigenvalue weighted by Gasteiger charge is 2.30. The molecule has 3 amide bonds. The van der Waals surface area contributed by atoms with Crippen LogP contribution in [0.5, 0.6) is 0 Å². The van der Waals surface area contributed by atoms with Crippen molar-refractivity contribution < 1.29 is 23.2 Å². The Morgan fingerprint density at radius 3 is 2.22 bits per heavy atom. The first-order valence-electron chi connectivity index (χ1n) is 13.2. The van der Waals surface area contributed by atoms with Crippen LogP contribution in [0.1, 0.15) is 32.0 Å². The fourth-order valence-electron chi connectivity index (χ4n) is 4.94. The second-order valence-corrected chi connectivity index (χ2v) is 10.8. The van der Waals surface area contributed by atoms with Crippen molar-refractivity contribution in [2.45, 2.75) is 11.4 Å². The molecule has 6 rings (SSSR count). The van der Waals surface area contributed by atoms with Gasteiger partial charge < -0.3 is 19.1 Å². The quantitative estimate of drug-likeness (QED) is 0.290. The van der Waals surface area contributed by atoms with Crippen LogP contribution in [0.2, 0.25) is 0 Å². The van der Waals surface area contributed by atoms with E-state index in [4.69, 9.17) is 4.42 Å². The summed E-state index contributed by atoms with van der Waals surface area (Å²) in [6.07, 6.45) is 3.26. The van der Waals surface area contributed by atoms with Crippen molar-refractivity contribution in [3.63, 3.8) is 0 Å². The van der Waals surface area contributed by atoms with Crippen molar-refractivity contribution in [1.82, 2.24) is 9.80 Å². The molecule has 1 fully saturated rings. The van der Waals surface area contributed by atoms with Gasteiger partial charge >= 0.3 is 0 Å². The number of benzene rings is 3. The Kier molecular flexibility index (Phi) is 7.43. The largest absolute Gasteiger partial charge is 0.459 e. The highest BCUT2D eigenvalue weighted by molar-refractivity contribution is 8.04. The van der Waals surface area contributed by atoms with Gasteiger partial charge in [-0.05, 0) is 54.1 Å². The Morgan fingerprint density at radius 2 is 1.51 bits per heavy atom. The van der Waals surface area contributed by atoms with Crippen LogP contribution in [0.3, 0.4) is 0 Å². The highest BCUT2D eigenvalue weighted by Crippen LogP contribution is 2.42. The molecule has 0 unspecified atom stereocenters. The number of piperazine rings is 1. The third-order valence-corrected chi connectivity index (χ3v) is 8.24. The number of carbonyl (C=O) groups excluding carboxylic acids is 3. The fraction of sp³-hybridized carbons (Fsp3) is 0.156. The molecule has 0 saturated carbocycles. The van der Waals surface area contributed by atoms with Gasteiger partial charge in [-0.25, -0.2) is 4.39 Å². The third-order valence-electron chi connectivity index (χ3n) is 7.16. The lowest BCUT2D eigenvalue weighted by Gasteiger charge is -2.34. The van der Waals surface area contributed by atoms with Gasteiger partial charge in [0.2, 0.25) is 0 Å². The number of nitrogens with zero attached hydrogens (tertiary/aromatic N) is 3. The smallest absolute Gasteiger partial charge is 0.289 e. The molecule has 0 aliphatic carbocycles. The molecule has 1 aromatic heterocycles. The van der Waals surface area contributed by atoms with E-state index in [-0.39, 0.29) is 30.1 Å². The Balaban J connectivity index is 1.15. The van der Waals surface area contributed by atoms with Gasteiger partial charge in [0.25, 0.3) is 17.7 Å². The van der Waals surface area contributed by atoms with E-state index in [1.165, 1.54) is 24.1 Å². The SMILES string of the molecule is O=C(c1ccc(C=C2Sc3ccccc3N(Cc3ccccc3F)C2=O)cc1)N1CCN(C(=O)c2ccco2)CC1. The van der Waals surface area contributed by atoms with E-state index >= 15 is 0 Å². The van der Waals surface area contributed by atoms with E-state index in [0.717, 1.165) is 16.1 Å². The van der Waals surface area contributed by atoms with Crippen LogP contribution in [-0.4, -0.2) is 53.7 Å². The molecule has 4 aromatic rings. The van der Waals surface area contributed by atoms with E-state index in [0.29, 0.717) is 48.0 Å². The molecule has 0 spiro atoms. The number of halogens is 1. The first kappa shape index (κ1) is 26.6. The zero-order chi connectivity index (χ0) is 28.3. The summed E-state index contributed by atoms with van der Waals surface area (Å²) in [5, 5.41) is 0. The van der Waals surface area contributed by atoms with Crippen LogP contribution in [-0.2, 0) is 11.3 Å². The zero-order valence-corrected chi connectivity index (χ0v) is 22.9. The van der Waals surface area contributed by atoms with Crippen LogP contribution >= 0.6 is 11.8 Å². The van der Waals surface area contributed by atoms with Gasteiger partial charge in [0, 0.05) is 42.2 Å². The Bertz CT molecular complexity index is 1630. The highest BCUT2D eigenvalue weighted by atomic mass is 32.2. The summed E-state index contributed by atoms with van der Waals surface area (Å²) in [6.45, 7) is 1.84. The Hall–Kier alpha value is -4.63. The second kappa shape index (κ2) is 11.5. The van der Waals surface area contributed by atoms with Gasteiger partial charge in [0.15, 0.2) is 5.76 Å². The molecule has 0 atom stereocenters. The third kappa shape index (κ3) is 5.53. The number of amides is 3. The van der Waals surface area contributed by atoms with Crippen LogP contribution in [0.25, 0.3) is 6.08 Å². The average molecular weight is 568 g/mol. The molecular weight excluding hydrogens is 541 g/mol. The summed E-state index contributed by atoms with van der Waals surface area (Å²) in [7, 11) is 0. The molecule has 9 heteroatoms. The summed E-state index contributed by atoms with van der Waals surface area (Å²) in [5.74, 6) is -0.554. The topological polar surface area (TPSA) is 74.1 Å². The lowest BCUT2D eigenvalue weighted by atomic mass is 10.1. The van der Waals surface area contributed by atoms with Gasteiger partial charge in [0.05, 0.1) is 23.4 Å². The van der Waals surface area contributed by atoms with Crippen molar-refractivity contribution in [1.29, 1.82) is 0 Å². The van der Waals surface area contributed by atoms with Crippen LogP contribution < -0.4 is 4.90 Å². The average Bonchev–Trinajstić information content (AvgIpc) is 3.55. The minimum absolute atomic E-state index is 0.109. The van der Waals surface area contributed by atoms with E-state index in [9.17, 15) is 18.8 Å². The zero-order valence-electron chi connectivity index (χ0n) is 22.0. The molecule has 2 aliphatic rings. The van der Waals surface area contributed by atoms with Crippen LogP contribution in [0.4, 0.5) is 10.1 Å². The minimum Gasteiger partial charge on any atom is -0.459 e. The lowest BCUT2D eigenvalue weighted by molar-refractivity contribution is -0.114. The summed E-state index contributed by atoms with van der Waals surface area (Å²) in [5.41, 5.74) is 2.49. The Morgan fingerprint density at radius 1 is 0.829 bits per heavy atom. The number of furan rings is 1. The van der Waals surface area contributed by atoms with Gasteiger partial charge in [-0.3, -0.25) is 14.4 Å². The monoisotopic (exact) mass is 567 g/mol. The molecule has 0 N–H and O–H groups in total. The van der Waals surface area contributed by atoms with Crippen molar-refractivity contribution in [2.24, 2.45) is 0 Å². The maximum absolute atomic E-state index is 14.4. The molecule has 7 nitrogen and oxygen atoms in total. The molecule has 3 aromatic carbocycles.